The van der Waals surface area contributed by atoms with Crippen molar-refractivity contribution in [3.63, 3.8) is 0 Å². The Bertz CT molecular complexity index is 1230. The number of hydrogen-bond donors (Lipinski definition) is 3. The van der Waals surface area contributed by atoms with Gasteiger partial charge in [-0.15, -0.1) is 0 Å². The number of halogens is 4. The van der Waals surface area contributed by atoms with Gasteiger partial charge < -0.3 is 21.1 Å². The van der Waals surface area contributed by atoms with Gasteiger partial charge in [0.05, 0.1) is 0 Å². The molecule has 0 spiro atoms. The van der Waals surface area contributed by atoms with E-state index in [1.165, 1.54) is 0 Å². The van der Waals surface area contributed by atoms with Gasteiger partial charge in [-0.2, -0.15) is 0 Å². The van der Waals surface area contributed by atoms with Crippen molar-refractivity contribution in [2.24, 2.45) is 5.73 Å². The second kappa shape index (κ2) is 13.7. The van der Waals surface area contributed by atoms with E-state index in [-0.39, 0.29) is 18.5 Å². The number of ether oxygens (including phenoxy) is 1. The number of aryl methyl sites for hydroxylation is 1. The Hall–Kier alpha value is -3.76. The summed E-state index contributed by atoms with van der Waals surface area (Å²) in [5, 5.41) is 5.29. The molecule has 0 aliphatic carbocycles. The first-order valence-electron chi connectivity index (χ1n) is 12.1. The van der Waals surface area contributed by atoms with Crippen molar-refractivity contribution in [3.05, 3.63) is 106 Å². The van der Waals surface area contributed by atoms with Gasteiger partial charge in [0, 0.05) is 25.2 Å². The monoisotopic (exact) mass is 531 g/mol. The molecule has 0 saturated heterocycles. The third-order valence-corrected chi connectivity index (χ3v) is 5.81. The highest BCUT2D eigenvalue weighted by atomic mass is 19.1. The smallest absolute Gasteiger partial charge is 0.325 e. The molecule has 3 aromatic rings. The number of benzene rings is 3. The molecule has 0 bridgehead atoms. The van der Waals surface area contributed by atoms with E-state index >= 15 is 0 Å². The van der Waals surface area contributed by atoms with Crippen LogP contribution in [-0.4, -0.2) is 37.1 Å². The topological polar surface area (TPSA) is 93.5 Å². The van der Waals surface area contributed by atoms with Gasteiger partial charge in [0.1, 0.15) is 41.5 Å². The minimum absolute atomic E-state index is 0.00752. The Morgan fingerprint density at radius 2 is 1.53 bits per heavy atom. The SMILES string of the molecule is CCc1cccc(CNC[C@@H](OC(=O)CNC(=O)c2c(F)cccc2F)[C@@H](N)Cc2cc(F)cc(F)c2)c1. The molecule has 0 aliphatic rings. The van der Waals surface area contributed by atoms with Crippen LogP contribution in [0.25, 0.3) is 0 Å². The molecule has 202 valence electrons. The molecule has 0 heterocycles. The lowest BCUT2D eigenvalue weighted by Crippen LogP contribution is -2.47. The van der Waals surface area contributed by atoms with Crippen molar-refractivity contribution in [3.8, 4) is 0 Å². The molecule has 0 aromatic heterocycles. The van der Waals surface area contributed by atoms with Crippen molar-refractivity contribution in [2.45, 2.75) is 38.5 Å². The lowest BCUT2D eigenvalue weighted by atomic mass is 10.0. The lowest BCUT2D eigenvalue weighted by molar-refractivity contribution is -0.148. The maximum Gasteiger partial charge on any atom is 0.325 e. The summed E-state index contributed by atoms with van der Waals surface area (Å²) in [5.74, 6) is -5.71. The number of carbonyl (C=O) groups is 2. The van der Waals surface area contributed by atoms with E-state index < -0.39 is 59.4 Å². The van der Waals surface area contributed by atoms with Crippen molar-refractivity contribution in [1.29, 1.82) is 0 Å². The molecule has 10 heteroatoms. The molecule has 38 heavy (non-hydrogen) atoms. The average Bonchev–Trinajstić information content (AvgIpc) is 2.86. The number of esters is 1. The largest absolute Gasteiger partial charge is 0.458 e. The van der Waals surface area contributed by atoms with Gasteiger partial charge in [-0.05, 0) is 53.8 Å². The first-order valence-corrected chi connectivity index (χ1v) is 12.1. The Kier molecular flexibility index (Phi) is 10.4. The summed E-state index contributed by atoms with van der Waals surface area (Å²) < 4.78 is 60.4. The van der Waals surface area contributed by atoms with Gasteiger partial charge in [-0.1, -0.05) is 37.3 Å². The summed E-state index contributed by atoms with van der Waals surface area (Å²) >= 11 is 0. The van der Waals surface area contributed by atoms with E-state index in [1.54, 1.807) is 0 Å². The van der Waals surface area contributed by atoms with Gasteiger partial charge >= 0.3 is 5.97 Å². The summed E-state index contributed by atoms with van der Waals surface area (Å²) in [6, 6.07) is 13.0. The molecule has 0 unspecified atom stereocenters. The third-order valence-electron chi connectivity index (χ3n) is 5.81. The molecule has 3 aromatic carbocycles. The summed E-state index contributed by atoms with van der Waals surface area (Å²) in [4.78, 5) is 24.7. The fourth-order valence-corrected chi connectivity index (χ4v) is 3.90. The number of nitrogens with two attached hydrogens (primary N) is 1. The number of rotatable bonds is 12. The van der Waals surface area contributed by atoms with Crippen LogP contribution < -0.4 is 16.4 Å². The fraction of sp³-hybridized carbons (Fsp3) is 0.286. The van der Waals surface area contributed by atoms with Crippen LogP contribution in [0.15, 0.2) is 60.7 Å². The maximum atomic E-state index is 13.8. The molecule has 4 N–H and O–H groups in total. The predicted octanol–water partition coefficient (Wildman–Crippen LogP) is 3.81. The van der Waals surface area contributed by atoms with E-state index in [0.29, 0.717) is 6.54 Å². The second-order valence-corrected chi connectivity index (χ2v) is 8.76. The molecule has 0 aliphatic heterocycles. The number of amides is 1. The average molecular weight is 532 g/mol. The molecule has 1 amide bonds. The summed E-state index contributed by atoms with van der Waals surface area (Å²) in [6.07, 6.45) is -0.0942. The Morgan fingerprint density at radius 1 is 0.895 bits per heavy atom. The molecule has 0 radical (unpaired) electrons. The minimum Gasteiger partial charge on any atom is -0.458 e. The molecule has 0 fully saturated rings. The first-order chi connectivity index (χ1) is 18.2. The Balaban J connectivity index is 1.65. The van der Waals surface area contributed by atoms with Crippen LogP contribution >= 0.6 is 0 Å². The Labute approximate surface area is 218 Å². The highest BCUT2D eigenvalue weighted by Crippen LogP contribution is 2.14. The standard InChI is InChI=1S/C28H29F4N3O3/c1-2-17-5-3-6-18(9-17)14-34-15-25(24(33)12-19-10-20(29)13-21(30)11-19)38-26(36)16-35-28(37)27-22(31)7-4-8-23(27)32/h3-11,13,24-25,34H,2,12,14-16,33H2,1H3,(H,35,37)/t24-,25+/m0/s1. The summed E-state index contributed by atoms with van der Waals surface area (Å²) in [6.45, 7) is 1.89. The van der Waals surface area contributed by atoms with Crippen LogP contribution in [0, 0.1) is 23.3 Å². The van der Waals surface area contributed by atoms with Crippen molar-refractivity contribution in [1.82, 2.24) is 10.6 Å². The predicted molar refractivity (Wildman–Crippen MR) is 134 cm³/mol. The number of hydrogen-bond acceptors (Lipinski definition) is 5. The quantitative estimate of drug-likeness (QED) is 0.244. The van der Waals surface area contributed by atoms with Crippen LogP contribution in [0.3, 0.4) is 0 Å². The highest BCUT2D eigenvalue weighted by molar-refractivity contribution is 5.96. The maximum absolute atomic E-state index is 13.8. The van der Waals surface area contributed by atoms with Crippen molar-refractivity contribution in [2.75, 3.05) is 13.1 Å². The van der Waals surface area contributed by atoms with E-state index in [4.69, 9.17) is 10.5 Å². The van der Waals surface area contributed by atoms with Crippen LogP contribution in [0.1, 0.15) is 34.0 Å². The molecule has 0 saturated carbocycles. The van der Waals surface area contributed by atoms with Crippen LogP contribution in [0.5, 0.6) is 0 Å². The van der Waals surface area contributed by atoms with Gasteiger partial charge in [0.2, 0.25) is 0 Å². The van der Waals surface area contributed by atoms with Gasteiger partial charge in [-0.3, -0.25) is 9.59 Å². The summed E-state index contributed by atoms with van der Waals surface area (Å²) in [5.41, 5.74) is 7.86. The van der Waals surface area contributed by atoms with Crippen LogP contribution in [-0.2, 0) is 28.9 Å². The van der Waals surface area contributed by atoms with Gasteiger partial charge in [0.25, 0.3) is 5.91 Å². The highest BCUT2D eigenvalue weighted by Gasteiger charge is 2.24. The van der Waals surface area contributed by atoms with E-state index in [0.717, 1.165) is 53.9 Å². The van der Waals surface area contributed by atoms with Crippen LogP contribution in [0.2, 0.25) is 0 Å². The summed E-state index contributed by atoms with van der Waals surface area (Å²) in [7, 11) is 0. The number of carbonyl (C=O) groups excluding carboxylic acids is 2. The lowest BCUT2D eigenvalue weighted by Gasteiger charge is -2.25. The first kappa shape index (κ1) is 28.8. The molecular formula is C28H29F4N3O3. The van der Waals surface area contributed by atoms with E-state index in [1.807, 2.05) is 31.2 Å². The zero-order valence-electron chi connectivity index (χ0n) is 20.8. The molecule has 6 nitrogen and oxygen atoms in total. The molecule has 2 atom stereocenters. The van der Waals surface area contributed by atoms with Gasteiger partial charge in [-0.25, -0.2) is 17.6 Å². The van der Waals surface area contributed by atoms with Crippen molar-refractivity contribution >= 4 is 11.9 Å². The zero-order valence-corrected chi connectivity index (χ0v) is 20.8. The minimum atomic E-state index is -1.12. The van der Waals surface area contributed by atoms with Crippen molar-refractivity contribution < 1.29 is 31.9 Å². The Morgan fingerprint density at radius 3 is 2.18 bits per heavy atom. The molecular weight excluding hydrogens is 502 g/mol. The van der Waals surface area contributed by atoms with Crippen LogP contribution in [0.4, 0.5) is 17.6 Å². The normalized spacial score (nSPS) is 12.6. The fourth-order valence-electron chi connectivity index (χ4n) is 3.90. The third kappa shape index (κ3) is 8.39. The second-order valence-electron chi connectivity index (χ2n) is 8.76. The van der Waals surface area contributed by atoms with Gasteiger partial charge in [0.15, 0.2) is 0 Å². The van der Waals surface area contributed by atoms with E-state index in [2.05, 4.69) is 10.6 Å². The number of nitrogens with one attached hydrogen (secondary N) is 2. The van der Waals surface area contributed by atoms with E-state index in [9.17, 15) is 27.2 Å². The zero-order chi connectivity index (χ0) is 27.7. The molecule has 3 rings (SSSR count).